The standard InChI is InChI=1S/C9H10N2O4S2/c1-2-15-6-3-4-8-7(5-6)10-9(16-8)11-17(12,13)14/h3-5H,2H2,1H3,(H,10,11)(H,12,13,14). The Balaban J connectivity index is 2.37. The molecule has 1 aromatic carbocycles. The smallest absolute Gasteiger partial charge is 0.359 e. The van der Waals surface area contributed by atoms with E-state index in [2.05, 4.69) is 4.98 Å². The molecule has 0 saturated heterocycles. The lowest BCUT2D eigenvalue weighted by Gasteiger charge is -2.00. The van der Waals surface area contributed by atoms with Gasteiger partial charge in [0.1, 0.15) is 5.75 Å². The summed E-state index contributed by atoms with van der Waals surface area (Å²) in [7, 11) is -4.28. The molecule has 2 aromatic rings. The lowest BCUT2D eigenvalue weighted by molar-refractivity contribution is 0.340. The maximum atomic E-state index is 10.6. The van der Waals surface area contributed by atoms with Gasteiger partial charge in [-0.1, -0.05) is 11.3 Å². The Hall–Kier alpha value is -1.38. The van der Waals surface area contributed by atoms with Crippen LogP contribution in [0.2, 0.25) is 0 Å². The van der Waals surface area contributed by atoms with Crippen molar-refractivity contribution in [1.29, 1.82) is 0 Å². The quantitative estimate of drug-likeness (QED) is 0.831. The van der Waals surface area contributed by atoms with E-state index in [4.69, 9.17) is 9.29 Å². The van der Waals surface area contributed by atoms with Crippen molar-refractivity contribution < 1.29 is 17.7 Å². The maximum Gasteiger partial charge on any atom is 0.359 e. The molecule has 6 nitrogen and oxygen atoms in total. The average molecular weight is 274 g/mol. The molecule has 0 saturated carbocycles. The highest BCUT2D eigenvalue weighted by atomic mass is 32.2. The minimum absolute atomic E-state index is 0.121. The third-order valence-corrected chi connectivity index (χ3v) is 3.42. The number of fused-ring (bicyclic) bond motifs is 1. The van der Waals surface area contributed by atoms with Crippen LogP contribution in [0.4, 0.5) is 5.13 Å². The molecule has 0 spiro atoms. The summed E-state index contributed by atoms with van der Waals surface area (Å²) in [6.45, 7) is 2.42. The summed E-state index contributed by atoms with van der Waals surface area (Å²) < 4.78 is 37.9. The minimum atomic E-state index is -4.28. The van der Waals surface area contributed by atoms with Crippen LogP contribution in [0.15, 0.2) is 18.2 Å². The summed E-state index contributed by atoms with van der Waals surface area (Å²) in [5.74, 6) is 0.670. The van der Waals surface area contributed by atoms with E-state index in [-0.39, 0.29) is 5.13 Å². The molecule has 8 heteroatoms. The third-order valence-electron chi connectivity index (χ3n) is 1.89. The van der Waals surface area contributed by atoms with E-state index in [1.54, 1.807) is 18.2 Å². The monoisotopic (exact) mass is 274 g/mol. The van der Waals surface area contributed by atoms with Crippen molar-refractivity contribution in [2.24, 2.45) is 0 Å². The number of nitrogens with zero attached hydrogens (tertiary/aromatic N) is 1. The molecule has 0 aliphatic carbocycles. The van der Waals surface area contributed by atoms with Gasteiger partial charge in [0, 0.05) is 6.07 Å². The number of thiazole rings is 1. The summed E-state index contributed by atoms with van der Waals surface area (Å²) >= 11 is 1.13. The number of nitrogens with one attached hydrogen (secondary N) is 1. The average Bonchev–Trinajstić information content (AvgIpc) is 2.56. The summed E-state index contributed by atoms with van der Waals surface area (Å²) in [6, 6.07) is 5.28. The third kappa shape index (κ3) is 3.05. The van der Waals surface area contributed by atoms with Crippen molar-refractivity contribution in [1.82, 2.24) is 4.98 Å². The van der Waals surface area contributed by atoms with Gasteiger partial charge < -0.3 is 4.74 Å². The zero-order chi connectivity index (χ0) is 12.5. The highest BCUT2D eigenvalue weighted by Crippen LogP contribution is 2.29. The Kier molecular flexibility index (Phi) is 3.18. The lowest BCUT2D eigenvalue weighted by Crippen LogP contribution is -2.09. The van der Waals surface area contributed by atoms with E-state index < -0.39 is 10.3 Å². The Morgan fingerprint density at radius 1 is 1.53 bits per heavy atom. The largest absolute Gasteiger partial charge is 0.494 e. The fourth-order valence-electron chi connectivity index (χ4n) is 1.32. The van der Waals surface area contributed by atoms with Gasteiger partial charge in [-0.2, -0.15) is 8.42 Å². The first kappa shape index (κ1) is 12.1. The van der Waals surface area contributed by atoms with Crippen LogP contribution in [0.5, 0.6) is 5.75 Å². The van der Waals surface area contributed by atoms with Crippen molar-refractivity contribution in [3.63, 3.8) is 0 Å². The molecule has 2 rings (SSSR count). The van der Waals surface area contributed by atoms with Gasteiger partial charge in [0.2, 0.25) is 0 Å². The van der Waals surface area contributed by atoms with Crippen molar-refractivity contribution in [2.45, 2.75) is 6.92 Å². The van der Waals surface area contributed by atoms with Crippen LogP contribution < -0.4 is 9.46 Å². The van der Waals surface area contributed by atoms with Crippen molar-refractivity contribution in [2.75, 3.05) is 11.3 Å². The van der Waals surface area contributed by atoms with Crippen LogP contribution in [0.1, 0.15) is 6.92 Å². The van der Waals surface area contributed by atoms with Gasteiger partial charge in [-0.3, -0.25) is 4.55 Å². The van der Waals surface area contributed by atoms with Crippen molar-refractivity contribution in [3.05, 3.63) is 18.2 Å². The van der Waals surface area contributed by atoms with Crippen LogP contribution in [0.25, 0.3) is 10.2 Å². The number of benzene rings is 1. The Morgan fingerprint density at radius 3 is 2.94 bits per heavy atom. The topological polar surface area (TPSA) is 88.5 Å². The highest BCUT2D eigenvalue weighted by Gasteiger charge is 2.10. The molecular formula is C9H10N2O4S2. The molecule has 0 atom stereocenters. The van der Waals surface area contributed by atoms with Crippen LogP contribution in [0, 0.1) is 0 Å². The number of ether oxygens (including phenoxy) is 1. The Labute approximate surface area is 102 Å². The molecule has 0 fully saturated rings. The second-order valence-electron chi connectivity index (χ2n) is 3.16. The van der Waals surface area contributed by atoms with Crippen LogP contribution >= 0.6 is 11.3 Å². The van der Waals surface area contributed by atoms with Crippen LogP contribution in [0.3, 0.4) is 0 Å². The first-order valence-electron chi connectivity index (χ1n) is 4.76. The first-order chi connectivity index (χ1) is 7.98. The molecule has 17 heavy (non-hydrogen) atoms. The minimum Gasteiger partial charge on any atom is -0.494 e. The molecule has 0 radical (unpaired) electrons. The lowest BCUT2D eigenvalue weighted by atomic mass is 10.3. The molecular weight excluding hydrogens is 264 g/mol. The highest BCUT2D eigenvalue weighted by molar-refractivity contribution is 7.87. The number of anilines is 1. The number of hydrogen-bond acceptors (Lipinski definition) is 5. The Morgan fingerprint density at radius 2 is 2.29 bits per heavy atom. The van der Waals surface area contributed by atoms with E-state index >= 15 is 0 Å². The molecule has 0 amide bonds. The number of aromatic nitrogens is 1. The predicted octanol–water partition coefficient (Wildman–Crippen LogP) is 1.91. The van der Waals surface area contributed by atoms with Crippen molar-refractivity contribution in [3.8, 4) is 5.75 Å². The van der Waals surface area contributed by atoms with Crippen LogP contribution in [-0.2, 0) is 10.3 Å². The number of rotatable bonds is 4. The molecule has 2 N–H and O–H groups in total. The van der Waals surface area contributed by atoms with Gasteiger partial charge in [0.25, 0.3) is 0 Å². The molecule has 0 bridgehead atoms. The first-order valence-corrected chi connectivity index (χ1v) is 7.02. The van der Waals surface area contributed by atoms with E-state index in [0.29, 0.717) is 17.9 Å². The normalized spacial score (nSPS) is 11.6. The molecule has 0 aliphatic heterocycles. The Bertz CT molecular complexity index is 635. The van der Waals surface area contributed by atoms with Gasteiger partial charge in [-0.05, 0) is 19.1 Å². The molecule has 0 aliphatic rings. The summed E-state index contributed by atoms with van der Waals surface area (Å²) in [6.07, 6.45) is 0. The molecule has 92 valence electrons. The molecule has 1 aromatic heterocycles. The maximum absolute atomic E-state index is 10.6. The predicted molar refractivity (Wildman–Crippen MR) is 66.0 cm³/mol. The van der Waals surface area contributed by atoms with Gasteiger partial charge in [-0.25, -0.2) is 9.71 Å². The summed E-state index contributed by atoms with van der Waals surface area (Å²) in [5.41, 5.74) is 0.618. The van der Waals surface area contributed by atoms with Gasteiger partial charge in [-0.15, -0.1) is 0 Å². The van der Waals surface area contributed by atoms with Gasteiger partial charge in [0.15, 0.2) is 5.13 Å². The van der Waals surface area contributed by atoms with Crippen LogP contribution in [-0.4, -0.2) is 24.6 Å². The molecule has 1 heterocycles. The van der Waals surface area contributed by atoms with E-state index in [0.717, 1.165) is 16.0 Å². The van der Waals surface area contributed by atoms with E-state index in [9.17, 15) is 8.42 Å². The molecule has 0 unspecified atom stereocenters. The fraction of sp³-hybridized carbons (Fsp3) is 0.222. The second kappa shape index (κ2) is 4.47. The SMILES string of the molecule is CCOc1ccc2sc(NS(=O)(=O)O)nc2c1. The van der Waals surface area contributed by atoms with Gasteiger partial charge in [0.05, 0.1) is 16.8 Å². The number of hydrogen-bond donors (Lipinski definition) is 2. The van der Waals surface area contributed by atoms with Crippen molar-refractivity contribution >= 4 is 37.0 Å². The van der Waals surface area contributed by atoms with Gasteiger partial charge >= 0.3 is 10.3 Å². The second-order valence-corrected chi connectivity index (χ2v) is 5.34. The zero-order valence-electron chi connectivity index (χ0n) is 8.87. The summed E-state index contributed by atoms with van der Waals surface area (Å²) in [5, 5.41) is 0.121. The fourth-order valence-corrected chi connectivity index (χ4v) is 2.76. The zero-order valence-corrected chi connectivity index (χ0v) is 10.5. The van der Waals surface area contributed by atoms with E-state index in [1.807, 2.05) is 11.6 Å². The summed E-state index contributed by atoms with van der Waals surface area (Å²) in [4.78, 5) is 4.03. The van der Waals surface area contributed by atoms with E-state index in [1.165, 1.54) is 0 Å².